The molecule has 3 aromatic heterocycles. The van der Waals surface area contributed by atoms with Gasteiger partial charge in [0.15, 0.2) is 0 Å². The fourth-order valence-electron chi connectivity index (χ4n) is 3.19. The van der Waals surface area contributed by atoms with Crippen LogP contribution in [-0.4, -0.2) is 20.0 Å². The third-order valence-corrected chi connectivity index (χ3v) is 4.83. The molecule has 4 rings (SSSR count). The quantitative estimate of drug-likeness (QED) is 0.412. The van der Waals surface area contributed by atoms with E-state index in [-0.39, 0.29) is 5.91 Å². The van der Waals surface area contributed by atoms with E-state index in [2.05, 4.69) is 28.7 Å². The Bertz CT molecular complexity index is 1320. The second kappa shape index (κ2) is 6.91. The summed E-state index contributed by atoms with van der Waals surface area (Å²) >= 11 is 6.09. The summed E-state index contributed by atoms with van der Waals surface area (Å²) in [4.78, 5) is 16.0. The Morgan fingerprint density at radius 1 is 1.25 bits per heavy atom. The summed E-state index contributed by atoms with van der Waals surface area (Å²) < 4.78 is 3.96. The van der Waals surface area contributed by atoms with E-state index >= 15 is 0 Å². The molecule has 3 heterocycles. The van der Waals surface area contributed by atoms with E-state index in [4.69, 9.17) is 11.6 Å². The van der Waals surface area contributed by atoms with Crippen LogP contribution in [-0.2, 0) is 18.9 Å². The van der Waals surface area contributed by atoms with Crippen LogP contribution >= 0.6 is 11.6 Å². The van der Waals surface area contributed by atoms with E-state index in [0.717, 1.165) is 33.2 Å². The number of halogens is 1. The van der Waals surface area contributed by atoms with Crippen molar-refractivity contribution in [2.24, 2.45) is 14.1 Å². The number of pyridine rings is 1. The van der Waals surface area contributed by atoms with Gasteiger partial charge in [0.05, 0.1) is 23.1 Å². The van der Waals surface area contributed by atoms with Gasteiger partial charge in [-0.2, -0.15) is 0 Å². The molecule has 0 fully saturated rings. The molecule has 0 atom stereocenters. The first-order valence-corrected chi connectivity index (χ1v) is 8.99. The second-order valence-electron chi connectivity index (χ2n) is 6.48. The number of carbonyl (C=O) groups excluding carboxylic acids is 1. The van der Waals surface area contributed by atoms with Gasteiger partial charge in [0.1, 0.15) is 5.65 Å². The predicted octanol–water partition coefficient (Wildman–Crippen LogP) is 4.24. The highest BCUT2D eigenvalue weighted by atomic mass is 35.5. The third kappa shape index (κ3) is 3.15. The summed E-state index contributed by atoms with van der Waals surface area (Å²) in [5, 5.41) is 5.36. The molecule has 1 amide bonds. The smallest absolute Gasteiger partial charge is 0.247 e. The summed E-state index contributed by atoms with van der Waals surface area (Å²) in [6, 6.07) is 9.68. The van der Waals surface area contributed by atoms with Crippen molar-refractivity contribution in [3.05, 3.63) is 71.7 Å². The van der Waals surface area contributed by atoms with Crippen molar-refractivity contribution in [3.8, 4) is 11.8 Å². The number of aromatic nitrogens is 3. The van der Waals surface area contributed by atoms with E-state index in [1.165, 1.54) is 6.08 Å². The highest BCUT2D eigenvalue weighted by molar-refractivity contribution is 6.31. The monoisotopic (exact) mass is 388 g/mol. The van der Waals surface area contributed by atoms with E-state index in [1.54, 1.807) is 6.20 Å². The lowest BCUT2D eigenvalue weighted by atomic mass is 10.2. The molecule has 0 aliphatic rings. The second-order valence-corrected chi connectivity index (χ2v) is 6.92. The van der Waals surface area contributed by atoms with Crippen molar-refractivity contribution in [1.29, 1.82) is 0 Å². The van der Waals surface area contributed by atoms with Crippen molar-refractivity contribution in [3.63, 3.8) is 0 Å². The largest absolute Gasteiger partial charge is 0.337 e. The molecule has 0 saturated heterocycles. The standard InChI is InChI=1S/C22H17ClN4O/c1-4-21(28)25-17-11-19-14(13-26(2)22(19)24-12-17)5-7-18-10-15-9-16(23)6-8-20(15)27(18)3/h4,6,8-13H,1H2,2-3H3,(H,25,28). The number of carbonyl (C=O) groups is 1. The molecule has 138 valence electrons. The van der Waals surface area contributed by atoms with Gasteiger partial charge in [-0.15, -0.1) is 0 Å². The molecule has 0 unspecified atom stereocenters. The van der Waals surface area contributed by atoms with Crippen LogP contribution in [0.2, 0.25) is 5.02 Å². The summed E-state index contributed by atoms with van der Waals surface area (Å²) in [6.45, 7) is 3.47. The number of nitrogens with zero attached hydrogens (tertiary/aromatic N) is 3. The lowest BCUT2D eigenvalue weighted by Gasteiger charge is -2.02. The van der Waals surface area contributed by atoms with Crippen LogP contribution in [0.25, 0.3) is 21.9 Å². The predicted molar refractivity (Wildman–Crippen MR) is 113 cm³/mol. The van der Waals surface area contributed by atoms with Gasteiger partial charge in [-0.25, -0.2) is 4.98 Å². The number of rotatable bonds is 2. The Morgan fingerprint density at radius 3 is 2.86 bits per heavy atom. The lowest BCUT2D eigenvalue weighted by Crippen LogP contribution is -2.07. The Morgan fingerprint density at radius 2 is 2.07 bits per heavy atom. The zero-order valence-corrected chi connectivity index (χ0v) is 16.2. The number of anilines is 1. The van der Waals surface area contributed by atoms with Crippen molar-refractivity contribution in [2.45, 2.75) is 0 Å². The van der Waals surface area contributed by atoms with E-state index < -0.39 is 0 Å². The fraction of sp³-hybridized carbons (Fsp3) is 0.0909. The van der Waals surface area contributed by atoms with Gasteiger partial charge in [0.25, 0.3) is 0 Å². The molecule has 0 spiro atoms. The first kappa shape index (κ1) is 17.9. The topological polar surface area (TPSA) is 51.9 Å². The van der Waals surface area contributed by atoms with Crippen LogP contribution in [0.15, 0.2) is 55.4 Å². The number of nitrogens with one attached hydrogen (secondary N) is 1. The molecule has 0 radical (unpaired) electrons. The van der Waals surface area contributed by atoms with Crippen LogP contribution in [0.3, 0.4) is 0 Å². The van der Waals surface area contributed by atoms with Crippen LogP contribution < -0.4 is 5.32 Å². The highest BCUT2D eigenvalue weighted by Gasteiger charge is 2.09. The Hall–Kier alpha value is -3.49. The Balaban J connectivity index is 1.78. The summed E-state index contributed by atoms with van der Waals surface area (Å²) in [7, 11) is 3.90. The molecule has 4 aromatic rings. The van der Waals surface area contributed by atoms with Crippen LogP contribution in [0.5, 0.6) is 0 Å². The molecule has 1 N–H and O–H groups in total. The lowest BCUT2D eigenvalue weighted by molar-refractivity contribution is -0.111. The van der Waals surface area contributed by atoms with Crippen molar-refractivity contribution in [2.75, 3.05) is 5.32 Å². The van der Waals surface area contributed by atoms with Crippen molar-refractivity contribution in [1.82, 2.24) is 14.1 Å². The number of hydrogen-bond acceptors (Lipinski definition) is 2. The molecule has 0 saturated carbocycles. The summed E-state index contributed by atoms with van der Waals surface area (Å²) in [5.74, 6) is 6.20. The van der Waals surface area contributed by atoms with E-state index in [0.29, 0.717) is 10.7 Å². The average Bonchev–Trinajstić information content (AvgIpc) is 3.16. The summed E-state index contributed by atoms with van der Waals surface area (Å²) in [6.07, 6.45) is 4.78. The fourth-order valence-corrected chi connectivity index (χ4v) is 3.37. The minimum atomic E-state index is -0.279. The maximum atomic E-state index is 11.6. The number of benzene rings is 1. The SMILES string of the molecule is C=CC(=O)Nc1cnc2c(c1)c(C#Cc1cc3cc(Cl)ccc3n1C)cn2C. The average molecular weight is 389 g/mol. The number of hydrogen-bond donors (Lipinski definition) is 1. The van der Waals surface area contributed by atoms with E-state index in [1.807, 2.05) is 59.8 Å². The van der Waals surface area contributed by atoms with Crippen molar-refractivity contribution >= 4 is 45.1 Å². The van der Waals surface area contributed by atoms with Gasteiger partial charge in [-0.1, -0.05) is 24.1 Å². The van der Waals surface area contributed by atoms with Gasteiger partial charge >= 0.3 is 0 Å². The number of fused-ring (bicyclic) bond motifs is 2. The molecule has 28 heavy (non-hydrogen) atoms. The first-order chi connectivity index (χ1) is 13.5. The number of aryl methyl sites for hydroxylation is 2. The first-order valence-electron chi connectivity index (χ1n) is 8.62. The minimum absolute atomic E-state index is 0.279. The Labute approximate surface area is 167 Å². The highest BCUT2D eigenvalue weighted by Crippen LogP contribution is 2.24. The molecular weight excluding hydrogens is 372 g/mol. The maximum absolute atomic E-state index is 11.6. The molecule has 0 bridgehead atoms. The zero-order chi connectivity index (χ0) is 19.8. The Kier molecular flexibility index (Phi) is 4.42. The third-order valence-electron chi connectivity index (χ3n) is 4.60. The molecule has 0 aliphatic carbocycles. The molecule has 1 aromatic carbocycles. The van der Waals surface area contributed by atoms with Crippen molar-refractivity contribution < 1.29 is 4.79 Å². The zero-order valence-electron chi connectivity index (χ0n) is 15.5. The molecule has 0 aliphatic heterocycles. The van der Waals surface area contributed by atoms with Crippen LogP contribution in [0, 0.1) is 11.8 Å². The van der Waals surface area contributed by atoms with Gasteiger partial charge in [0.2, 0.25) is 5.91 Å². The van der Waals surface area contributed by atoms with Gasteiger partial charge < -0.3 is 14.5 Å². The van der Waals surface area contributed by atoms with E-state index in [9.17, 15) is 4.79 Å². The summed E-state index contributed by atoms with van der Waals surface area (Å²) in [5.41, 5.74) is 4.19. The maximum Gasteiger partial charge on any atom is 0.247 e. The molecule has 6 heteroatoms. The van der Waals surface area contributed by atoms with Crippen LogP contribution in [0.4, 0.5) is 5.69 Å². The van der Waals surface area contributed by atoms with Gasteiger partial charge in [-0.05, 0) is 42.3 Å². The van der Waals surface area contributed by atoms with Gasteiger partial charge in [-0.3, -0.25) is 4.79 Å². The molecular formula is C22H17ClN4O. The van der Waals surface area contributed by atoms with Gasteiger partial charge in [0, 0.05) is 41.6 Å². The van der Waals surface area contributed by atoms with Crippen LogP contribution in [0.1, 0.15) is 11.3 Å². The number of amides is 1. The minimum Gasteiger partial charge on any atom is -0.337 e. The molecule has 5 nitrogen and oxygen atoms in total. The normalized spacial score (nSPS) is 10.7.